The molecule has 3 rings (SSSR count). The summed E-state index contributed by atoms with van der Waals surface area (Å²) < 4.78 is 39.1. The predicted molar refractivity (Wildman–Crippen MR) is 70.8 cm³/mol. The van der Waals surface area contributed by atoms with Crippen LogP contribution < -0.4 is 0 Å². The second kappa shape index (κ2) is 5.27. The minimum atomic E-state index is -3.68. The number of sulfonamides is 1. The minimum absolute atomic E-state index is 0.0339. The Hall–Kier alpha value is -0.670. The highest BCUT2D eigenvalue weighted by molar-refractivity contribution is 7.89. The van der Waals surface area contributed by atoms with E-state index in [1.165, 1.54) is 15.2 Å². The summed E-state index contributed by atoms with van der Waals surface area (Å²) in [6.07, 6.45) is 2.30. The van der Waals surface area contributed by atoms with E-state index in [2.05, 4.69) is 5.10 Å². The lowest BCUT2D eigenvalue weighted by molar-refractivity contribution is -0.0768. The van der Waals surface area contributed by atoms with E-state index >= 15 is 0 Å². The molecule has 0 N–H and O–H groups in total. The van der Waals surface area contributed by atoms with Crippen molar-refractivity contribution in [3.8, 4) is 0 Å². The van der Waals surface area contributed by atoms with Crippen LogP contribution in [0.4, 0.5) is 0 Å². The number of ether oxygens (including phenoxy) is 2. The number of aryl methyl sites for hydroxylation is 1. The van der Waals surface area contributed by atoms with Gasteiger partial charge in [-0.05, 0) is 12.8 Å². The highest BCUT2D eigenvalue weighted by Gasteiger charge is 2.43. The number of halogens is 1. The van der Waals surface area contributed by atoms with E-state index in [1.54, 1.807) is 7.05 Å². The Bertz CT molecular complexity index is 597. The van der Waals surface area contributed by atoms with Crippen LogP contribution in [0.15, 0.2) is 11.1 Å². The number of aromatic nitrogens is 2. The van der Waals surface area contributed by atoms with Crippen molar-refractivity contribution >= 4 is 21.6 Å². The van der Waals surface area contributed by atoms with Crippen molar-refractivity contribution in [1.29, 1.82) is 0 Å². The van der Waals surface area contributed by atoms with Crippen LogP contribution in [0.2, 0.25) is 5.15 Å². The second-order valence-electron chi connectivity index (χ2n) is 4.86. The highest BCUT2D eigenvalue weighted by atomic mass is 35.5. The van der Waals surface area contributed by atoms with Crippen LogP contribution in [0.25, 0.3) is 0 Å². The number of hydrogen-bond donors (Lipinski definition) is 0. The molecule has 0 amide bonds. The van der Waals surface area contributed by atoms with Crippen LogP contribution >= 0.6 is 11.6 Å². The molecule has 2 saturated heterocycles. The zero-order chi connectivity index (χ0) is 14.3. The maximum atomic E-state index is 12.7. The standard InChI is InChI=1S/C11H16ClN3O4S/c1-14-10(12)9(7-13-14)20(16,17)15-4-2-3-8(15)11-18-5-6-19-11/h7-8,11H,2-6H2,1H3. The van der Waals surface area contributed by atoms with Crippen LogP contribution in [0.5, 0.6) is 0 Å². The van der Waals surface area contributed by atoms with Gasteiger partial charge in [-0.1, -0.05) is 11.6 Å². The summed E-state index contributed by atoms with van der Waals surface area (Å²) >= 11 is 6.01. The first-order valence-corrected chi connectivity index (χ1v) is 8.26. The lowest BCUT2D eigenvalue weighted by Crippen LogP contribution is -2.43. The third kappa shape index (κ3) is 2.25. The summed E-state index contributed by atoms with van der Waals surface area (Å²) in [5, 5.41) is 4.01. The number of hydrogen-bond acceptors (Lipinski definition) is 5. The van der Waals surface area contributed by atoms with E-state index in [4.69, 9.17) is 21.1 Å². The molecule has 1 atom stereocenters. The van der Waals surface area contributed by atoms with Gasteiger partial charge in [0.2, 0.25) is 10.0 Å². The fourth-order valence-electron chi connectivity index (χ4n) is 2.64. The predicted octanol–water partition coefficient (Wildman–Crippen LogP) is 0.600. The molecule has 3 heterocycles. The van der Waals surface area contributed by atoms with E-state index in [0.29, 0.717) is 19.8 Å². The zero-order valence-corrected chi connectivity index (χ0v) is 12.6. The first-order valence-electron chi connectivity index (χ1n) is 6.44. The van der Waals surface area contributed by atoms with E-state index < -0.39 is 16.3 Å². The van der Waals surface area contributed by atoms with Gasteiger partial charge in [0.15, 0.2) is 6.29 Å². The molecule has 1 unspecified atom stereocenters. The maximum absolute atomic E-state index is 12.7. The highest BCUT2D eigenvalue weighted by Crippen LogP contribution is 2.32. The fraction of sp³-hybridized carbons (Fsp3) is 0.727. The van der Waals surface area contributed by atoms with Gasteiger partial charge >= 0.3 is 0 Å². The molecule has 1 aromatic rings. The molecule has 0 aromatic carbocycles. The van der Waals surface area contributed by atoms with Gasteiger partial charge in [-0.2, -0.15) is 9.40 Å². The van der Waals surface area contributed by atoms with Gasteiger partial charge in [-0.25, -0.2) is 8.42 Å². The molecule has 9 heteroatoms. The smallest absolute Gasteiger partial charge is 0.248 e. The monoisotopic (exact) mass is 321 g/mol. The topological polar surface area (TPSA) is 73.7 Å². The number of nitrogens with zero attached hydrogens (tertiary/aromatic N) is 3. The molecule has 0 bridgehead atoms. The van der Waals surface area contributed by atoms with Crippen LogP contribution in [0.1, 0.15) is 12.8 Å². The summed E-state index contributed by atoms with van der Waals surface area (Å²) in [6, 6.07) is -0.293. The first-order chi connectivity index (χ1) is 9.51. The van der Waals surface area contributed by atoms with Crippen molar-refractivity contribution in [2.45, 2.75) is 30.1 Å². The summed E-state index contributed by atoms with van der Waals surface area (Å²) in [5.74, 6) is 0. The van der Waals surface area contributed by atoms with Crippen LogP contribution in [0, 0.1) is 0 Å². The van der Waals surface area contributed by atoms with Crippen molar-refractivity contribution in [3.05, 3.63) is 11.3 Å². The Balaban J connectivity index is 1.92. The van der Waals surface area contributed by atoms with E-state index in [0.717, 1.165) is 12.8 Å². The average Bonchev–Trinajstić information content (AvgIpc) is 3.11. The van der Waals surface area contributed by atoms with Gasteiger partial charge in [0, 0.05) is 13.6 Å². The minimum Gasteiger partial charge on any atom is -0.349 e. The molecule has 0 spiro atoms. The van der Waals surface area contributed by atoms with Crippen molar-refractivity contribution in [2.75, 3.05) is 19.8 Å². The molecule has 2 aliphatic heterocycles. The third-order valence-electron chi connectivity index (χ3n) is 3.63. The molecule has 0 aliphatic carbocycles. The molecule has 7 nitrogen and oxygen atoms in total. The lowest BCUT2D eigenvalue weighted by atomic mass is 10.2. The van der Waals surface area contributed by atoms with Crippen molar-refractivity contribution in [1.82, 2.24) is 14.1 Å². The van der Waals surface area contributed by atoms with Gasteiger partial charge in [0.05, 0.1) is 25.5 Å². The van der Waals surface area contributed by atoms with Crippen LogP contribution in [-0.4, -0.2) is 54.6 Å². The summed E-state index contributed by atoms with van der Waals surface area (Å²) in [7, 11) is -2.07. The van der Waals surface area contributed by atoms with Gasteiger partial charge < -0.3 is 9.47 Å². The molecule has 20 heavy (non-hydrogen) atoms. The summed E-state index contributed by atoms with van der Waals surface area (Å²) in [6.45, 7) is 1.45. The largest absolute Gasteiger partial charge is 0.349 e. The van der Waals surface area contributed by atoms with Crippen molar-refractivity contribution in [2.24, 2.45) is 7.05 Å². The molecule has 112 valence electrons. The van der Waals surface area contributed by atoms with Gasteiger partial charge in [0.25, 0.3) is 0 Å². The quantitative estimate of drug-likeness (QED) is 0.815. The average molecular weight is 322 g/mol. The lowest BCUT2D eigenvalue weighted by Gasteiger charge is -2.26. The number of rotatable bonds is 3. The summed E-state index contributed by atoms with van der Waals surface area (Å²) in [5.41, 5.74) is 0. The van der Waals surface area contributed by atoms with Crippen molar-refractivity contribution < 1.29 is 17.9 Å². The molecule has 0 saturated carbocycles. The van der Waals surface area contributed by atoms with Gasteiger partial charge in [0.1, 0.15) is 10.0 Å². The fourth-order valence-corrected chi connectivity index (χ4v) is 4.73. The van der Waals surface area contributed by atoms with E-state index in [-0.39, 0.29) is 16.1 Å². The Morgan fingerprint density at radius 1 is 1.40 bits per heavy atom. The Morgan fingerprint density at radius 2 is 2.10 bits per heavy atom. The Labute approximate surface area is 122 Å². The normalized spacial score (nSPS) is 25.6. The second-order valence-corrected chi connectivity index (χ2v) is 7.08. The van der Waals surface area contributed by atoms with Crippen LogP contribution in [0.3, 0.4) is 0 Å². The Morgan fingerprint density at radius 3 is 2.70 bits per heavy atom. The van der Waals surface area contributed by atoms with E-state index in [1.807, 2.05) is 0 Å². The summed E-state index contributed by atoms with van der Waals surface area (Å²) in [4.78, 5) is 0.0339. The third-order valence-corrected chi connectivity index (χ3v) is 6.12. The first kappa shape index (κ1) is 14.3. The molecule has 2 fully saturated rings. The van der Waals surface area contributed by atoms with E-state index in [9.17, 15) is 8.42 Å². The molecule has 1 aromatic heterocycles. The Kier molecular flexibility index (Phi) is 3.76. The van der Waals surface area contributed by atoms with Gasteiger partial charge in [-0.3, -0.25) is 4.68 Å². The zero-order valence-electron chi connectivity index (χ0n) is 11.0. The van der Waals surface area contributed by atoms with Gasteiger partial charge in [-0.15, -0.1) is 0 Å². The SMILES string of the molecule is Cn1ncc(S(=O)(=O)N2CCCC2C2OCCO2)c1Cl. The van der Waals surface area contributed by atoms with Crippen molar-refractivity contribution in [3.63, 3.8) is 0 Å². The maximum Gasteiger partial charge on any atom is 0.248 e. The molecule has 2 aliphatic rings. The molecular weight excluding hydrogens is 306 g/mol. The van der Waals surface area contributed by atoms with Crippen LogP contribution in [-0.2, 0) is 26.5 Å². The molecule has 0 radical (unpaired) electrons. The molecular formula is C11H16ClN3O4S.